The Bertz CT molecular complexity index is 240. The Morgan fingerprint density at radius 3 is 2.33 bits per heavy atom. The highest BCUT2D eigenvalue weighted by Crippen LogP contribution is 2.07. The number of thioether (sulfide) groups is 1. The molecular formula is C9H14O4S2. The molecule has 0 aromatic rings. The van der Waals surface area contributed by atoms with Crippen LogP contribution in [-0.2, 0) is 19.1 Å². The fraction of sp³-hybridized carbons (Fsp3) is 0.667. The molecule has 0 aliphatic carbocycles. The van der Waals surface area contributed by atoms with E-state index in [2.05, 4.69) is 4.74 Å². The minimum absolute atomic E-state index is 0.150. The average molecular weight is 250 g/mol. The van der Waals surface area contributed by atoms with Gasteiger partial charge in [-0.25, -0.2) is 0 Å². The molecule has 0 heterocycles. The second-order valence-corrected chi connectivity index (χ2v) is 4.07. The minimum Gasteiger partial charge on any atom is -0.479 e. The second-order valence-electron chi connectivity index (χ2n) is 2.49. The highest BCUT2D eigenvalue weighted by atomic mass is 32.2. The van der Waals surface area contributed by atoms with Crippen LogP contribution in [0.2, 0.25) is 0 Å². The van der Waals surface area contributed by atoms with Crippen LogP contribution in [0.4, 0.5) is 0 Å². The smallest absolute Gasteiger partial charge is 0.313 e. The van der Waals surface area contributed by atoms with Gasteiger partial charge in [0.05, 0.1) is 19.0 Å². The first-order valence-electron chi connectivity index (χ1n) is 4.57. The van der Waals surface area contributed by atoms with Crippen molar-refractivity contribution in [3.8, 4) is 0 Å². The van der Waals surface area contributed by atoms with Gasteiger partial charge in [-0.2, -0.15) is 0 Å². The molecule has 86 valence electrons. The molecule has 0 amide bonds. The number of hydrogen-bond donors (Lipinski definition) is 0. The van der Waals surface area contributed by atoms with Gasteiger partial charge in [-0.3, -0.25) is 9.59 Å². The molecule has 0 aromatic heterocycles. The van der Waals surface area contributed by atoms with E-state index in [-0.39, 0.29) is 24.6 Å². The Hall–Kier alpha value is -0.620. The fourth-order valence-corrected chi connectivity index (χ4v) is 1.60. The Morgan fingerprint density at radius 1 is 1.20 bits per heavy atom. The predicted octanol–water partition coefficient (Wildman–Crippen LogP) is 1.56. The van der Waals surface area contributed by atoms with Crippen molar-refractivity contribution in [3.63, 3.8) is 0 Å². The highest BCUT2D eigenvalue weighted by molar-refractivity contribution is 8.23. The van der Waals surface area contributed by atoms with E-state index in [4.69, 9.17) is 17.0 Å². The molecular weight excluding hydrogens is 236 g/mol. The number of carbonyl (C=O) groups is 2. The largest absolute Gasteiger partial charge is 0.479 e. The van der Waals surface area contributed by atoms with Crippen molar-refractivity contribution in [2.75, 3.05) is 19.0 Å². The number of ether oxygens (including phenoxy) is 2. The molecule has 0 fully saturated rings. The molecule has 0 saturated heterocycles. The van der Waals surface area contributed by atoms with E-state index in [9.17, 15) is 9.59 Å². The van der Waals surface area contributed by atoms with Crippen molar-refractivity contribution in [2.45, 2.75) is 20.3 Å². The molecule has 0 atom stereocenters. The maximum absolute atomic E-state index is 11.2. The third-order valence-electron chi connectivity index (χ3n) is 1.26. The van der Waals surface area contributed by atoms with E-state index in [0.29, 0.717) is 11.0 Å². The molecule has 0 N–H and O–H groups in total. The number of carbonyl (C=O) groups excluding carboxylic acids is 2. The number of rotatable bonds is 6. The van der Waals surface area contributed by atoms with E-state index in [1.54, 1.807) is 6.92 Å². The summed E-state index contributed by atoms with van der Waals surface area (Å²) in [6, 6.07) is 0. The zero-order chi connectivity index (χ0) is 11.7. The Balaban J connectivity index is 3.66. The zero-order valence-corrected chi connectivity index (χ0v) is 10.4. The molecule has 0 aromatic carbocycles. The van der Waals surface area contributed by atoms with Crippen LogP contribution in [-0.4, -0.2) is 35.1 Å². The minimum atomic E-state index is -0.495. The monoisotopic (exact) mass is 250 g/mol. The van der Waals surface area contributed by atoms with Gasteiger partial charge < -0.3 is 9.47 Å². The van der Waals surface area contributed by atoms with Crippen molar-refractivity contribution in [3.05, 3.63) is 0 Å². The van der Waals surface area contributed by atoms with Crippen LogP contribution in [0.1, 0.15) is 20.3 Å². The van der Waals surface area contributed by atoms with Gasteiger partial charge in [-0.1, -0.05) is 11.8 Å². The van der Waals surface area contributed by atoms with Crippen LogP contribution >= 0.6 is 24.0 Å². The maximum atomic E-state index is 11.2. The van der Waals surface area contributed by atoms with E-state index < -0.39 is 5.97 Å². The molecule has 0 radical (unpaired) electrons. The number of esters is 1. The molecule has 0 unspecified atom stereocenters. The summed E-state index contributed by atoms with van der Waals surface area (Å²) in [4.78, 5) is 22.1. The normalized spacial score (nSPS) is 9.47. The molecule has 0 bridgehead atoms. The molecule has 0 aliphatic heterocycles. The van der Waals surface area contributed by atoms with Gasteiger partial charge >= 0.3 is 5.97 Å². The molecule has 6 heteroatoms. The first-order valence-corrected chi connectivity index (χ1v) is 5.96. The number of hydrogen-bond acceptors (Lipinski definition) is 6. The lowest BCUT2D eigenvalue weighted by Crippen LogP contribution is -2.13. The maximum Gasteiger partial charge on any atom is 0.313 e. The van der Waals surface area contributed by atoms with Crippen molar-refractivity contribution in [1.29, 1.82) is 0 Å². The third kappa shape index (κ3) is 8.38. The van der Waals surface area contributed by atoms with Crippen LogP contribution in [0, 0.1) is 0 Å². The number of ketones is 1. The van der Waals surface area contributed by atoms with Crippen molar-refractivity contribution in [1.82, 2.24) is 0 Å². The van der Waals surface area contributed by atoms with E-state index in [1.165, 1.54) is 0 Å². The summed E-state index contributed by atoms with van der Waals surface area (Å²) in [7, 11) is 0. The summed E-state index contributed by atoms with van der Waals surface area (Å²) >= 11 is 5.93. The summed E-state index contributed by atoms with van der Waals surface area (Å²) in [5.41, 5.74) is 0. The van der Waals surface area contributed by atoms with Gasteiger partial charge in [-0.05, 0) is 26.1 Å². The van der Waals surface area contributed by atoms with Crippen molar-refractivity contribution >= 4 is 40.1 Å². The summed E-state index contributed by atoms with van der Waals surface area (Å²) < 4.78 is 9.93. The van der Waals surface area contributed by atoms with Crippen molar-refractivity contribution < 1.29 is 19.1 Å². The Kier molecular flexibility index (Phi) is 8.31. The number of thiocarbonyl (C=S) groups is 1. The van der Waals surface area contributed by atoms with Crippen molar-refractivity contribution in [2.24, 2.45) is 0 Å². The molecule has 15 heavy (non-hydrogen) atoms. The van der Waals surface area contributed by atoms with Crippen LogP contribution in [0.25, 0.3) is 0 Å². The van der Waals surface area contributed by atoms with Gasteiger partial charge in [-0.15, -0.1) is 0 Å². The third-order valence-corrected chi connectivity index (χ3v) is 2.55. The highest BCUT2D eigenvalue weighted by Gasteiger charge is 2.11. The quantitative estimate of drug-likeness (QED) is 0.405. The van der Waals surface area contributed by atoms with Gasteiger partial charge in [0.1, 0.15) is 6.42 Å². The Labute approximate surface area is 98.7 Å². The van der Waals surface area contributed by atoms with Gasteiger partial charge in [0, 0.05) is 0 Å². The average Bonchev–Trinajstić information content (AvgIpc) is 2.15. The summed E-state index contributed by atoms with van der Waals surface area (Å²) in [5.74, 6) is -0.552. The van der Waals surface area contributed by atoms with Gasteiger partial charge in [0.25, 0.3) is 0 Å². The van der Waals surface area contributed by atoms with Gasteiger partial charge in [0.15, 0.2) is 5.78 Å². The predicted molar refractivity (Wildman–Crippen MR) is 62.9 cm³/mol. The number of Topliss-reactive ketones (excluding diaryl/α,β-unsaturated/α-hetero) is 1. The standard InChI is InChI=1S/C9H14O4S2/c1-3-12-8(11)5-7(10)6-15-9(14)13-4-2/h3-6H2,1-2H3. The van der Waals surface area contributed by atoms with Crippen LogP contribution in [0.3, 0.4) is 0 Å². The van der Waals surface area contributed by atoms with E-state index >= 15 is 0 Å². The molecule has 0 spiro atoms. The van der Waals surface area contributed by atoms with Crippen LogP contribution in [0.5, 0.6) is 0 Å². The molecule has 0 saturated carbocycles. The topological polar surface area (TPSA) is 52.6 Å². The first-order chi connectivity index (χ1) is 7.10. The summed E-state index contributed by atoms with van der Waals surface area (Å²) in [6.07, 6.45) is -0.199. The molecule has 4 nitrogen and oxygen atoms in total. The SMILES string of the molecule is CCOC(=O)CC(=O)CSC(=S)OCC. The lowest BCUT2D eigenvalue weighted by molar-refractivity contribution is -0.145. The summed E-state index contributed by atoms with van der Waals surface area (Å²) in [5, 5.41) is 0. The van der Waals surface area contributed by atoms with Gasteiger partial charge in [0.2, 0.25) is 4.38 Å². The van der Waals surface area contributed by atoms with E-state index in [0.717, 1.165) is 11.8 Å². The molecule has 0 rings (SSSR count). The second kappa shape index (κ2) is 8.67. The van der Waals surface area contributed by atoms with E-state index in [1.807, 2.05) is 6.92 Å². The fourth-order valence-electron chi connectivity index (χ4n) is 0.723. The zero-order valence-electron chi connectivity index (χ0n) is 8.78. The van der Waals surface area contributed by atoms with Crippen LogP contribution < -0.4 is 0 Å². The van der Waals surface area contributed by atoms with Crippen LogP contribution in [0.15, 0.2) is 0 Å². The summed E-state index contributed by atoms with van der Waals surface area (Å²) in [6.45, 7) is 4.28. The molecule has 0 aliphatic rings. The first kappa shape index (κ1) is 14.4. The lowest BCUT2D eigenvalue weighted by atomic mass is 10.3. The lowest BCUT2D eigenvalue weighted by Gasteiger charge is -2.03. The Morgan fingerprint density at radius 2 is 1.80 bits per heavy atom.